The van der Waals surface area contributed by atoms with Gasteiger partial charge in [-0.25, -0.2) is 13.6 Å². The summed E-state index contributed by atoms with van der Waals surface area (Å²) >= 11 is 16.0. The van der Waals surface area contributed by atoms with Crippen molar-refractivity contribution in [2.45, 2.75) is 3.79 Å². The quantitative estimate of drug-likeness (QED) is 0.615. The third-order valence-corrected chi connectivity index (χ3v) is 1.85. The minimum atomic E-state index is -1.74. The van der Waals surface area contributed by atoms with Gasteiger partial charge in [-0.15, -0.1) is 0 Å². The second-order valence-electron chi connectivity index (χ2n) is 2.82. The SMILES string of the molecule is O=C(OCC(Cl)(Cl)Cl)c1ccc(F)c(F)c1. The highest BCUT2D eigenvalue weighted by Crippen LogP contribution is 2.26. The Labute approximate surface area is 105 Å². The van der Waals surface area contributed by atoms with Gasteiger partial charge < -0.3 is 4.74 Å². The molecule has 0 saturated carbocycles. The Kier molecular flexibility index (Phi) is 4.35. The molecule has 0 N–H and O–H groups in total. The van der Waals surface area contributed by atoms with Gasteiger partial charge in [0.1, 0.15) is 6.61 Å². The monoisotopic (exact) mass is 288 g/mol. The Morgan fingerprint density at radius 3 is 2.38 bits per heavy atom. The molecule has 0 aliphatic heterocycles. The van der Waals surface area contributed by atoms with E-state index in [0.29, 0.717) is 6.07 Å². The molecule has 0 bridgehead atoms. The van der Waals surface area contributed by atoms with Crippen molar-refractivity contribution in [3.63, 3.8) is 0 Å². The maximum Gasteiger partial charge on any atom is 0.338 e. The van der Waals surface area contributed by atoms with E-state index in [1.807, 2.05) is 0 Å². The summed E-state index contributed by atoms with van der Waals surface area (Å²) in [6.07, 6.45) is 0. The average Bonchev–Trinajstić information content (AvgIpc) is 2.17. The van der Waals surface area contributed by atoms with Gasteiger partial charge in [-0.05, 0) is 18.2 Å². The first-order valence-corrected chi connectivity index (χ1v) is 5.12. The van der Waals surface area contributed by atoms with Crippen LogP contribution in [0.1, 0.15) is 10.4 Å². The van der Waals surface area contributed by atoms with E-state index in [1.54, 1.807) is 0 Å². The van der Waals surface area contributed by atoms with Crippen molar-refractivity contribution < 1.29 is 18.3 Å². The predicted molar refractivity (Wildman–Crippen MR) is 56.9 cm³/mol. The van der Waals surface area contributed by atoms with Crippen LogP contribution < -0.4 is 0 Å². The summed E-state index contributed by atoms with van der Waals surface area (Å²) < 4.78 is 28.1. The van der Waals surface area contributed by atoms with Crippen LogP contribution in [0.5, 0.6) is 0 Å². The Bertz CT molecular complexity index is 404. The number of alkyl halides is 3. The van der Waals surface area contributed by atoms with Crippen molar-refractivity contribution in [2.75, 3.05) is 6.61 Å². The lowest BCUT2D eigenvalue weighted by molar-refractivity contribution is 0.0511. The Balaban J connectivity index is 2.70. The highest BCUT2D eigenvalue weighted by Gasteiger charge is 2.22. The standard InChI is InChI=1S/C9H5Cl3F2O2/c10-9(11,12)4-16-8(15)5-1-2-6(13)7(14)3-5/h1-3H,4H2. The largest absolute Gasteiger partial charge is 0.458 e. The topological polar surface area (TPSA) is 26.3 Å². The Hall–Kier alpha value is -0.580. The summed E-state index contributed by atoms with van der Waals surface area (Å²) in [6.45, 7) is -0.477. The molecule has 7 heteroatoms. The van der Waals surface area contributed by atoms with Gasteiger partial charge in [0.15, 0.2) is 11.6 Å². The Morgan fingerprint density at radius 2 is 1.88 bits per heavy atom. The zero-order valence-electron chi connectivity index (χ0n) is 7.65. The molecule has 88 valence electrons. The first-order chi connectivity index (χ1) is 7.29. The number of carbonyl (C=O) groups is 1. The smallest absolute Gasteiger partial charge is 0.338 e. The molecule has 1 aromatic carbocycles. The molecular formula is C9H5Cl3F2O2. The van der Waals surface area contributed by atoms with E-state index < -0.39 is 28.0 Å². The molecule has 0 saturated heterocycles. The lowest BCUT2D eigenvalue weighted by Crippen LogP contribution is -2.17. The number of benzene rings is 1. The van der Waals surface area contributed by atoms with Crippen LogP contribution in [0.15, 0.2) is 18.2 Å². The number of esters is 1. The van der Waals surface area contributed by atoms with Crippen LogP contribution in [0.2, 0.25) is 0 Å². The molecule has 0 heterocycles. The van der Waals surface area contributed by atoms with Gasteiger partial charge in [-0.3, -0.25) is 0 Å². The summed E-state index contributed by atoms with van der Waals surface area (Å²) in [5, 5.41) is 0. The fraction of sp³-hybridized carbons (Fsp3) is 0.222. The minimum Gasteiger partial charge on any atom is -0.458 e. The molecule has 1 rings (SSSR count). The second-order valence-corrected chi connectivity index (χ2v) is 5.34. The van der Waals surface area contributed by atoms with Gasteiger partial charge in [-0.2, -0.15) is 0 Å². The van der Waals surface area contributed by atoms with E-state index in [1.165, 1.54) is 0 Å². The van der Waals surface area contributed by atoms with Crippen LogP contribution in [-0.2, 0) is 4.74 Å². The number of ether oxygens (including phenoxy) is 1. The van der Waals surface area contributed by atoms with Crippen molar-refractivity contribution in [1.82, 2.24) is 0 Å². The van der Waals surface area contributed by atoms with E-state index >= 15 is 0 Å². The molecule has 0 amide bonds. The molecule has 1 aromatic rings. The third kappa shape index (κ3) is 4.12. The van der Waals surface area contributed by atoms with Crippen LogP contribution in [0.4, 0.5) is 8.78 Å². The lowest BCUT2D eigenvalue weighted by atomic mass is 10.2. The first kappa shape index (κ1) is 13.5. The van der Waals surface area contributed by atoms with E-state index in [4.69, 9.17) is 34.8 Å². The molecule has 0 aliphatic rings. The fourth-order valence-corrected chi connectivity index (χ4v) is 1.02. The highest BCUT2D eigenvalue weighted by molar-refractivity contribution is 6.67. The molecule has 0 aliphatic carbocycles. The van der Waals surface area contributed by atoms with Gasteiger partial charge in [0.05, 0.1) is 5.56 Å². The Morgan fingerprint density at radius 1 is 1.25 bits per heavy atom. The van der Waals surface area contributed by atoms with Crippen LogP contribution in [-0.4, -0.2) is 16.4 Å². The van der Waals surface area contributed by atoms with Crippen LogP contribution in [0, 0.1) is 11.6 Å². The third-order valence-electron chi connectivity index (χ3n) is 1.52. The summed E-state index contributed by atoms with van der Waals surface area (Å²) in [4.78, 5) is 11.3. The lowest BCUT2D eigenvalue weighted by Gasteiger charge is -2.11. The number of halogens is 5. The van der Waals surface area contributed by atoms with E-state index in [9.17, 15) is 13.6 Å². The average molecular weight is 289 g/mol. The van der Waals surface area contributed by atoms with Crippen molar-refractivity contribution in [3.8, 4) is 0 Å². The van der Waals surface area contributed by atoms with Gasteiger partial charge in [0, 0.05) is 0 Å². The summed E-state index contributed by atoms with van der Waals surface area (Å²) in [7, 11) is 0. The normalized spacial score (nSPS) is 11.3. The van der Waals surface area contributed by atoms with Crippen LogP contribution >= 0.6 is 34.8 Å². The van der Waals surface area contributed by atoms with Crippen molar-refractivity contribution in [2.24, 2.45) is 0 Å². The molecule has 2 nitrogen and oxygen atoms in total. The molecule has 0 spiro atoms. The van der Waals surface area contributed by atoms with Crippen LogP contribution in [0.3, 0.4) is 0 Å². The minimum absolute atomic E-state index is 0.159. The molecule has 0 atom stereocenters. The molecule has 0 aromatic heterocycles. The van der Waals surface area contributed by atoms with E-state index in [-0.39, 0.29) is 5.56 Å². The second kappa shape index (κ2) is 5.17. The number of rotatable bonds is 2. The molecule has 0 unspecified atom stereocenters. The molecule has 0 fully saturated rings. The molecular weight excluding hydrogens is 284 g/mol. The zero-order valence-corrected chi connectivity index (χ0v) is 9.91. The van der Waals surface area contributed by atoms with Gasteiger partial charge in [-0.1, -0.05) is 34.8 Å². The maximum absolute atomic E-state index is 12.8. The summed E-state index contributed by atoms with van der Waals surface area (Å²) in [5.74, 6) is -3.11. The van der Waals surface area contributed by atoms with Gasteiger partial charge in [0.25, 0.3) is 0 Å². The highest BCUT2D eigenvalue weighted by atomic mass is 35.6. The van der Waals surface area contributed by atoms with Crippen molar-refractivity contribution in [1.29, 1.82) is 0 Å². The zero-order chi connectivity index (χ0) is 12.3. The van der Waals surface area contributed by atoms with Crippen molar-refractivity contribution in [3.05, 3.63) is 35.4 Å². The maximum atomic E-state index is 12.8. The first-order valence-electron chi connectivity index (χ1n) is 3.98. The van der Waals surface area contributed by atoms with Gasteiger partial charge in [0.2, 0.25) is 3.79 Å². The summed E-state index contributed by atoms with van der Waals surface area (Å²) in [5.41, 5.74) is -0.159. The predicted octanol–water partition coefficient (Wildman–Crippen LogP) is 3.49. The number of hydrogen-bond donors (Lipinski definition) is 0. The molecule has 0 radical (unpaired) electrons. The van der Waals surface area contributed by atoms with Crippen molar-refractivity contribution >= 4 is 40.8 Å². The number of hydrogen-bond acceptors (Lipinski definition) is 2. The van der Waals surface area contributed by atoms with E-state index in [2.05, 4.69) is 4.74 Å². The fourth-order valence-electron chi connectivity index (χ4n) is 0.854. The van der Waals surface area contributed by atoms with Gasteiger partial charge >= 0.3 is 5.97 Å². The molecule has 16 heavy (non-hydrogen) atoms. The van der Waals surface area contributed by atoms with Crippen LogP contribution in [0.25, 0.3) is 0 Å². The summed E-state index contributed by atoms with van der Waals surface area (Å²) in [6, 6.07) is 2.58. The number of carbonyl (C=O) groups excluding carboxylic acids is 1. The van der Waals surface area contributed by atoms with E-state index in [0.717, 1.165) is 12.1 Å².